The van der Waals surface area contributed by atoms with Gasteiger partial charge in [-0.05, 0) is 24.6 Å². The summed E-state index contributed by atoms with van der Waals surface area (Å²) in [6, 6.07) is 7.16. The lowest BCUT2D eigenvalue weighted by Crippen LogP contribution is -2.04. The van der Waals surface area contributed by atoms with Crippen molar-refractivity contribution in [1.29, 1.82) is 0 Å². The average Bonchev–Trinajstić information content (AvgIpc) is 2.28. The predicted molar refractivity (Wildman–Crippen MR) is 64.4 cm³/mol. The SMILES string of the molecule is CCOCCCOc1cccc(CC(=O)O)c1. The van der Waals surface area contributed by atoms with Gasteiger partial charge in [0.1, 0.15) is 5.75 Å². The summed E-state index contributed by atoms with van der Waals surface area (Å²) in [4.78, 5) is 10.6. The number of carboxylic acids is 1. The fourth-order valence-electron chi connectivity index (χ4n) is 1.42. The van der Waals surface area contributed by atoms with Crippen molar-refractivity contribution < 1.29 is 19.4 Å². The zero-order valence-electron chi connectivity index (χ0n) is 10.0. The molecule has 0 aliphatic heterocycles. The topological polar surface area (TPSA) is 55.8 Å². The number of rotatable bonds is 8. The Bertz CT molecular complexity index is 349. The monoisotopic (exact) mass is 238 g/mol. The van der Waals surface area contributed by atoms with Crippen molar-refractivity contribution in [3.8, 4) is 5.75 Å². The number of aliphatic carboxylic acids is 1. The predicted octanol–water partition coefficient (Wildman–Crippen LogP) is 2.12. The van der Waals surface area contributed by atoms with E-state index in [0.29, 0.717) is 25.6 Å². The first kappa shape index (κ1) is 13.5. The molecule has 0 fully saturated rings. The molecule has 0 unspecified atom stereocenters. The van der Waals surface area contributed by atoms with Gasteiger partial charge in [0.15, 0.2) is 0 Å². The molecule has 1 rings (SSSR count). The standard InChI is InChI=1S/C13H18O4/c1-2-16-7-4-8-17-12-6-3-5-11(9-12)10-13(14)15/h3,5-6,9H,2,4,7-8,10H2,1H3,(H,14,15). The summed E-state index contributed by atoms with van der Waals surface area (Å²) in [5.41, 5.74) is 0.750. The third-order valence-corrected chi connectivity index (χ3v) is 2.16. The van der Waals surface area contributed by atoms with Crippen molar-refractivity contribution in [1.82, 2.24) is 0 Å². The van der Waals surface area contributed by atoms with Crippen molar-refractivity contribution in [2.24, 2.45) is 0 Å². The first-order valence-electron chi connectivity index (χ1n) is 5.73. The smallest absolute Gasteiger partial charge is 0.307 e. The summed E-state index contributed by atoms with van der Waals surface area (Å²) in [6.45, 7) is 3.94. The van der Waals surface area contributed by atoms with E-state index in [0.717, 1.165) is 12.0 Å². The van der Waals surface area contributed by atoms with Crippen LogP contribution in [0.3, 0.4) is 0 Å². The Balaban J connectivity index is 2.35. The van der Waals surface area contributed by atoms with E-state index in [9.17, 15) is 4.79 Å². The molecule has 0 aliphatic rings. The molecule has 0 atom stereocenters. The van der Waals surface area contributed by atoms with Gasteiger partial charge in [-0.25, -0.2) is 0 Å². The van der Waals surface area contributed by atoms with Crippen molar-refractivity contribution >= 4 is 5.97 Å². The van der Waals surface area contributed by atoms with Gasteiger partial charge in [0.2, 0.25) is 0 Å². The van der Waals surface area contributed by atoms with Crippen LogP contribution in [0.1, 0.15) is 18.9 Å². The second-order valence-corrected chi connectivity index (χ2v) is 3.62. The largest absolute Gasteiger partial charge is 0.493 e. The molecule has 0 heterocycles. The van der Waals surface area contributed by atoms with Crippen molar-refractivity contribution in [2.45, 2.75) is 19.8 Å². The highest BCUT2D eigenvalue weighted by Crippen LogP contribution is 2.14. The third-order valence-electron chi connectivity index (χ3n) is 2.16. The maximum Gasteiger partial charge on any atom is 0.307 e. The maximum atomic E-state index is 10.6. The second-order valence-electron chi connectivity index (χ2n) is 3.62. The highest BCUT2D eigenvalue weighted by atomic mass is 16.5. The van der Waals surface area contributed by atoms with Crippen LogP contribution in [0.2, 0.25) is 0 Å². The van der Waals surface area contributed by atoms with E-state index >= 15 is 0 Å². The van der Waals surface area contributed by atoms with Gasteiger partial charge in [0.25, 0.3) is 0 Å². The fraction of sp³-hybridized carbons (Fsp3) is 0.462. The van der Waals surface area contributed by atoms with Crippen molar-refractivity contribution in [3.05, 3.63) is 29.8 Å². The average molecular weight is 238 g/mol. The van der Waals surface area contributed by atoms with Gasteiger partial charge in [-0.2, -0.15) is 0 Å². The molecular weight excluding hydrogens is 220 g/mol. The quantitative estimate of drug-likeness (QED) is 0.705. The van der Waals surface area contributed by atoms with Gasteiger partial charge in [-0.3, -0.25) is 4.79 Å². The Kier molecular flexibility index (Phi) is 6.10. The Labute approximate surface area is 101 Å². The summed E-state index contributed by atoms with van der Waals surface area (Å²) in [5, 5.41) is 8.67. The molecule has 1 aromatic rings. The summed E-state index contributed by atoms with van der Waals surface area (Å²) >= 11 is 0. The number of hydrogen-bond donors (Lipinski definition) is 1. The molecule has 4 nitrogen and oxygen atoms in total. The van der Waals surface area contributed by atoms with Crippen LogP contribution in [0, 0.1) is 0 Å². The molecule has 1 aromatic carbocycles. The van der Waals surface area contributed by atoms with Crippen LogP contribution in [0.15, 0.2) is 24.3 Å². The molecule has 1 N–H and O–H groups in total. The summed E-state index contributed by atoms with van der Waals surface area (Å²) in [5.74, 6) is -0.126. The van der Waals surface area contributed by atoms with E-state index in [1.807, 2.05) is 13.0 Å². The van der Waals surface area contributed by atoms with E-state index in [-0.39, 0.29) is 6.42 Å². The Morgan fingerprint density at radius 1 is 1.35 bits per heavy atom. The maximum absolute atomic E-state index is 10.6. The zero-order valence-corrected chi connectivity index (χ0v) is 10.0. The van der Waals surface area contributed by atoms with E-state index in [1.54, 1.807) is 18.2 Å². The summed E-state index contributed by atoms with van der Waals surface area (Å²) in [7, 11) is 0. The number of carboxylic acid groups (broad SMARTS) is 1. The molecule has 94 valence electrons. The lowest BCUT2D eigenvalue weighted by Gasteiger charge is -2.07. The molecule has 0 aromatic heterocycles. The summed E-state index contributed by atoms with van der Waals surface area (Å²) < 4.78 is 10.7. The summed E-state index contributed by atoms with van der Waals surface area (Å²) in [6.07, 6.45) is 0.854. The van der Waals surface area contributed by atoms with Crippen molar-refractivity contribution in [2.75, 3.05) is 19.8 Å². The van der Waals surface area contributed by atoms with Crippen LogP contribution in [0.5, 0.6) is 5.75 Å². The van der Waals surface area contributed by atoms with Crippen molar-refractivity contribution in [3.63, 3.8) is 0 Å². The lowest BCUT2D eigenvalue weighted by atomic mass is 10.1. The van der Waals surface area contributed by atoms with Gasteiger partial charge in [-0.1, -0.05) is 12.1 Å². The molecule has 0 amide bonds. The highest BCUT2D eigenvalue weighted by molar-refractivity contribution is 5.70. The zero-order chi connectivity index (χ0) is 12.5. The number of ether oxygens (including phenoxy) is 2. The minimum atomic E-state index is -0.835. The molecule has 0 saturated heterocycles. The van der Waals surface area contributed by atoms with Crippen LogP contribution in [-0.2, 0) is 16.0 Å². The van der Waals surface area contributed by atoms with Gasteiger partial charge in [0.05, 0.1) is 13.0 Å². The Morgan fingerprint density at radius 2 is 2.18 bits per heavy atom. The molecule has 0 saturated carbocycles. The first-order valence-corrected chi connectivity index (χ1v) is 5.73. The Hall–Kier alpha value is -1.55. The van der Waals surface area contributed by atoms with E-state index in [4.69, 9.17) is 14.6 Å². The normalized spacial score (nSPS) is 10.2. The van der Waals surface area contributed by atoms with Gasteiger partial charge >= 0.3 is 5.97 Å². The van der Waals surface area contributed by atoms with Crippen LogP contribution < -0.4 is 4.74 Å². The molecule has 17 heavy (non-hydrogen) atoms. The van der Waals surface area contributed by atoms with Gasteiger partial charge in [0, 0.05) is 19.6 Å². The third kappa shape index (κ3) is 5.92. The molecular formula is C13H18O4. The highest BCUT2D eigenvalue weighted by Gasteiger charge is 2.01. The fourth-order valence-corrected chi connectivity index (χ4v) is 1.42. The Morgan fingerprint density at radius 3 is 2.88 bits per heavy atom. The molecule has 0 aliphatic carbocycles. The van der Waals surface area contributed by atoms with Crippen LogP contribution in [-0.4, -0.2) is 30.9 Å². The lowest BCUT2D eigenvalue weighted by molar-refractivity contribution is -0.136. The van der Waals surface area contributed by atoms with E-state index < -0.39 is 5.97 Å². The first-order chi connectivity index (χ1) is 8.22. The minimum Gasteiger partial charge on any atom is -0.493 e. The van der Waals surface area contributed by atoms with Crippen LogP contribution in [0.4, 0.5) is 0 Å². The van der Waals surface area contributed by atoms with E-state index in [2.05, 4.69) is 0 Å². The van der Waals surface area contributed by atoms with Gasteiger partial charge < -0.3 is 14.6 Å². The molecule has 0 radical (unpaired) electrons. The number of hydrogen-bond acceptors (Lipinski definition) is 3. The van der Waals surface area contributed by atoms with Crippen LogP contribution in [0.25, 0.3) is 0 Å². The minimum absolute atomic E-state index is 0.0240. The van der Waals surface area contributed by atoms with Gasteiger partial charge in [-0.15, -0.1) is 0 Å². The van der Waals surface area contributed by atoms with E-state index in [1.165, 1.54) is 0 Å². The number of carbonyl (C=O) groups is 1. The second kappa shape index (κ2) is 7.68. The molecule has 0 bridgehead atoms. The number of benzene rings is 1. The molecule has 4 heteroatoms. The van der Waals surface area contributed by atoms with Crippen LogP contribution >= 0.6 is 0 Å². The molecule has 0 spiro atoms.